The molecule has 0 fully saturated rings. The topological polar surface area (TPSA) is 107 Å². The number of para-hydroxylation sites is 1. The van der Waals surface area contributed by atoms with Gasteiger partial charge < -0.3 is 10.6 Å². The summed E-state index contributed by atoms with van der Waals surface area (Å²) in [6, 6.07) is 14.9. The summed E-state index contributed by atoms with van der Waals surface area (Å²) in [6.07, 6.45) is 1.60. The highest BCUT2D eigenvalue weighted by Gasteiger charge is 2.13. The molecule has 0 aliphatic rings. The normalized spacial score (nSPS) is 10.9. The number of hydrazone groups is 1. The van der Waals surface area contributed by atoms with Crippen molar-refractivity contribution in [1.82, 2.24) is 14.9 Å². The molecule has 0 radical (unpaired) electrons. The van der Waals surface area contributed by atoms with Crippen molar-refractivity contribution in [3.63, 3.8) is 0 Å². The molecule has 3 N–H and O–H groups in total. The Bertz CT molecular complexity index is 984. The monoisotopic (exact) mass is 396 g/mol. The van der Waals surface area contributed by atoms with E-state index in [9.17, 15) is 4.79 Å². The lowest BCUT2D eigenvalue weighted by Crippen LogP contribution is -2.14. The summed E-state index contributed by atoms with van der Waals surface area (Å²) < 4.78 is 6.52. The number of hydrogen-bond donors (Lipinski definition) is 2. The number of rotatable bonds is 8. The number of carbonyl (C=O) groups excluding carboxylic acids is 1. The Morgan fingerprint density at radius 2 is 2.00 bits per heavy atom. The van der Waals surface area contributed by atoms with Crippen LogP contribution < -0.4 is 16.0 Å². The maximum absolute atomic E-state index is 12.3. The van der Waals surface area contributed by atoms with Gasteiger partial charge in [-0.15, -0.1) is 10.2 Å². The minimum absolute atomic E-state index is 0.00305. The molecule has 28 heavy (non-hydrogen) atoms. The van der Waals surface area contributed by atoms with Crippen molar-refractivity contribution < 1.29 is 9.53 Å². The second-order valence-electron chi connectivity index (χ2n) is 5.87. The van der Waals surface area contributed by atoms with Crippen molar-refractivity contribution in [2.45, 2.75) is 12.1 Å². The molecule has 1 heterocycles. The Morgan fingerprint density at radius 3 is 2.75 bits per heavy atom. The highest BCUT2D eigenvalue weighted by atomic mass is 32.2. The van der Waals surface area contributed by atoms with E-state index in [2.05, 4.69) is 20.7 Å². The number of hydrogen-bond acceptors (Lipinski definition) is 8. The number of anilines is 1. The first-order valence-electron chi connectivity index (χ1n) is 8.43. The number of methoxy groups -OCH3 is 1. The van der Waals surface area contributed by atoms with Crippen LogP contribution in [0.15, 0.2) is 58.8 Å². The fourth-order valence-corrected chi connectivity index (χ4v) is 3.09. The van der Waals surface area contributed by atoms with Crippen molar-refractivity contribution in [3.05, 3.63) is 65.2 Å². The molecule has 0 aliphatic carbocycles. The molecular weight excluding hydrogens is 376 g/mol. The number of ketones is 1. The Morgan fingerprint density at radius 1 is 1.25 bits per heavy atom. The second kappa shape index (κ2) is 9.05. The van der Waals surface area contributed by atoms with Gasteiger partial charge in [-0.05, 0) is 19.1 Å². The van der Waals surface area contributed by atoms with Gasteiger partial charge in [0, 0.05) is 11.1 Å². The van der Waals surface area contributed by atoms with Gasteiger partial charge >= 0.3 is 0 Å². The molecule has 9 heteroatoms. The van der Waals surface area contributed by atoms with Crippen LogP contribution in [-0.4, -0.2) is 39.7 Å². The zero-order valence-corrected chi connectivity index (χ0v) is 16.3. The van der Waals surface area contributed by atoms with Crippen LogP contribution in [0, 0.1) is 6.92 Å². The third-order valence-electron chi connectivity index (χ3n) is 3.88. The summed E-state index contributed by atoms with van der Waals surface area (Å²) >= 11 is 1.21. The SMILES string of the molecule is COc1ccccc1/C=N/Nc1nnc(SCC(=O)c2ccc(C)cc2)n1N. The first-order chi connectivity index (χ1) is 13.6. The summed E-state index contributed by atoms with van der Waals surface area (Å²) in [6.45, 7) is 1.98. The van der Waals surface area contributed by atoms with Crippen LogP contribution >= 0.6 is 11.8 Å². The van der Waals surface area contributed by atoms with Gasteiger partial charge in [0.15, 0.2) is 5.78 Å². The summed E-state index contributed by atoms with van der Waals surface area (Å²) in [5.41, 5.74) is 5.30. The predicted octanol–water partition coefficient (Wildman–Crippen LogP) is 2.73. The Kier molecular flexibility index (Phi) is 6.28. The van der Waals surface area contributed by atoms with Gasteiger partial charge in [0.1, 0.15) is 5.75 Å². The van der Waals surface area contributed by atoms with E-state index in [1.807, 2.05) is 55.5 Å². The molecule has 8 nitrogen and oxygen atoms in total. The molecule has 0 unspecified atom stereocenters. The number of nitrogens with two attached hydrogens (primary N) is 1. The second-order valence-corrected chi connectivity index (χ2v) is 6.81. The van der Waals surface area contributed by atoms with Gasteiger partial charge in [-0.1, -0.05) is 53.7 Å². The van der Waals surface area contributed by atoms with Gasteiger partial charge in [-0.2, -0.15) is 5.10 Å². The Labute approximate surface area is 166 Å². The molecule has 0 spiro atoms. The van der Waals surface area contributed by atoms with Crippen molar-refractivity contribution in [2.24, 2.45) is 5.10 Å². The van der Waals surface area contributed by atoms with Crippen LogP contribution in [-0.2, 0) is 0 Å². The molecule has 0 atom stereocenters. The van der Waals surface area contributed by atoms with E-state index in [4.69, 9.17) is 10.6 Å². The number of thioether (sulfide) groups is 1. The minimum atomic E-state index is -0.00305. The molecular formula is C19H20N6O2S. The number of aryl methyl sites for hydroxylation is 1. The average Bonchev–Trinajstić information content (AvgIpc) is 3.06. The minimum Gasteiger partial charge on any atom is -0.496 e. The van der Waals surface area contributed by atoms with Crippen molar-refractivity contribution in [2.75, 3.05) is 24.1 Å². The maximum Gasteiger partial charge on any atom is 0.264 e. The van der Waals surface area contributed by atoms with E-state index in [-0.39, 0.29) is 17.5 Å². The molecule has 144 valence electrons. The summed E-state index contributed by atoms with van der Waals surface area (Å²) in [4.78, 5) is 12.3. The fourth-order valence-electron chi connectivity index (χ4n) is 2.34. The number of nitrogens with zero attached hydrogens (tertiary/aromatic N) is 4. The molecule has 0 aliphatic heterocycles. The molecule has 0 amide bonds. The lowest BCUT2D eigenvalue weighted by molar-refractivity contribution is 0.102. The number of carbonyl (C=O) groups is 1. The highest BCUT2D eigenvalue weighted by molar-refractivity contribution is 7.99. The molecule has 0 saturated heterocycles. The zero-order valence-electron chi connectivity index (χ0n) is 15.5. The largest absolute Gasteiger partial charge is 0.496 e. The smallest absolute Gasteiger partial charge is 0.264 e. The highest BCUT2D eigenvalue weighted by Crippen LogP contribution is 2.19. The van der Waals surface area contributed by atoms with Gasteiger partial charge in [0.25, 0.3) is 5.95 Å². The summed E-state index contributed by atoms with van der Waals surface area (Å²) in [5.74, 6) is 7.15. The van der Waals surface area contributed by atoms with E-state index in [0.29, 0.717) is 16.5 Å². The molecule has 0 bridgehead atoms. The van der Waals surface area contributed by atoms with E-state index < -0.39 is 0 Å². The molecule has 3 rings (SSSR count). The third-order valence-corrected chi connectivity index (χ3v) is 4.82. The molecule has 0 saturated carbocycles. The number of Topliss-reactive ketones (excluding diaryl/α,β-unsaturated/α-hetero) is 1. The maximum atomic E-state index is 12.3. The van der Waals surface area contributed by atoms with Crippen LogP contribution in [0.25, 0.3) is 0 Å². The van der Waals surface area contributed by atoms with Crippen molar-refractivity contribution in [1.29, 1.82) is 0 Å². The first kappa shape index (κ1) is 19.4. The fraction of sp³-hybridized carbons (Fsp3) is 0.158. The Balaban J connectivity index is 1.60. The predicted molar refractivity (Wildman–Crippen MR) is 111 cm³/mol. The van der Waals surface area contributed by atoms with E-state index >= 15 is 0 Å². The summed E-state index contributed by atoms with van der Waals surface area (Å²) in [5, 5.41) is 12.5. The van der Waals surface area contributed by atoms with E-state index in [1.165, 1.54) is 16.4 Å². The number of benzene rings is 2. The lowest BCUT2D eigenvalue weighted by Gasteiger charge is -2.04. The van der Waals surface area contributed by atoms with E-state index in [1.54, 1.807) is 13.3 Å². The van der Waals surface area contributed by atoms with Crippen molar-refractivity contribution >= 4 is 29.7 Å². The third kappa shape index (κ3) is 4.68. The molecule has 3 aromatic rings. The van der Waals surface area contributed by atoms with E-state index in [0.717, 1.165) is 11.1 Å². The number of ether oxygens (including phenoxy) is 1. The Hall–Kier alpha value is -3.33. The quantitative estimate of drug-likeness (QED) is 0.198. The van der Waals surface area contributed by atoms with Gasteiger partial charge in [-0.3, -0.25) is 4.79 Å². The molecule has 2 aromatic carbocycles. The van der Waals surface area contributed by atoms with Crippen LogP contribution in [0.3, 0.4) is 0 Å². The van der Waals surface area contributed by atoms with Crippen LogP contribution in [0.1, 0.15) is 21.5 Å². The summed E-state index contributed by atoms with van der Waals surface area (Å²) in [7, 11) is 1.60. The van der Waals surface area contributed by atoms with Crippen molar-refractivity contribution in [3.8, 4) is 5.75 Å². The first-order valence-corrected chi connectivity index (χ1v) is 9.42. The average molecular weight is 396 g/mol. The van der Waals surface area contributed by atoms with Crippen LogP contribution in [0.4, 0.5) is 5.95 Å². The van der Waals surface area contributed by atoms with Crippen LogP contribution in [0.5, 0.6) is 5.75 Å². The number of nitrogens with one attached hydrogen (secondary N) is 1. The number of nitrogen functional groups attached to an aromatic ring is 1. The number of aromatic nitrogens is 3. The van der Waals surface area contributed by atoms with Gasteiger partial charge in [0.2, 0.25) is 5.16 Å². The van der Waals surface area contributed by atoms with Gasteiger partial charge in [0.05, 0.1) is 19.1 Å². The standard InChI is InChI=1S/C19H20N6O2S/c1-13-7-9-14(10-8-13)16(26)12-28-19-24-23-18(25(19)20)22-21-11-15-5-3-4-6-17(15)27-2/h3-11H,12,20H2,1-2H3,(H,22,23)/b21-11+. The van der Waals surface area contributed by atoms with Crippen LogP contribution in [0.2, 0.25) is 0 Å². The lowest BCUT2D eigenvalue weighted by atomic mass is 10.1. The zero-order chi connectivity index (χ0) is 19.9. The molecule has 1 aromatic heterocycles. The van der Waals surface area contributed by atoms with Gasteiger partial charge in [-0.25, -0.2) is 10.1 Å².